The van der Waals surface area contributed by atoms with Crippen molar-refractivity contribution in [3.05, 3.63) is 39.6 Å². The van der Waals surface area contributed by atoms with Gasteiger partial charge in [0.05, 0.1) is 11.7 Å². The van der Waals surface area contributed by atoms with E-state index in [0.717, 1.165) is 29.7 Å². The SMILES string of the molecule is CCCCC(CN)NC(=O)Cn1cnc2scc(-c3cccs3)c2c1=O. The number of rotatable bonds is 8. The van der Waals surface area contributed by atoms with Crippen molar-refractivity contribution in [1.82, 2.24) is 14.9 Å². The van der Waals surface area contributed by atoms with Gasteiger partial charge in [-0.2, -0.15) is 0 Å². The molecule has 0 aliphatic rings. The predicted molar refractivity (Wildman–Crippen MR) is 108 cm³/mol. The van der Waals surface area contributed by atoms with E-state index in [1.54, 1.807) is 11.3 Å². The van der Waals surface area contributed by atoms with Crippen molar-refractivity contribution in [2.24, 2.45) is 5.73 Å². The number of nitrogens with zero attached hydrogens (tertiary/aromatic N) is 2. The van der Waals surface area contributed by atoms with Crippen LogP contribution in [0.5, 0.6) is 0 Å². The molecule has 26 heavy (non-hydrogen) atoms. The van der Waals surface area contributed by atoms with E-state index in [4.69, 9.17) is 5.73 Å². The first-order valence-corrected chi connectivity index (χ1v) is 10.4. The maximum absolute atomic E-state index is 12.9. The molecule has 1 amide bonds. The monoisotopic (exact) mass is 390 g/mol. The molecule has 1 unspecified atom stereocenters. The summed E-state index contributed by atoms with van der Waals surface area (Å²) in [5.74, 6) is -0.215. The van der Waals surface area contributed by atoms with Crippen LogP contribution in [0.4, 0.5) is 0 Å². The molecule has 0 aromatic carbocycles. The summed E-state index contributed by atoms with van der Waals surface area (Å²) in [6.07, 6.45) is 4.35. The first-order chi connectivity index (χ1) is 12.6. The molecule has 0 saturated heterocycles. The third-order valence-electron chi connectivity index (χ3n) is 4.22. The third kappa shape index (κ3) is 4.03. The zero-order valence-corrected chi connectivity index (χ0v) is 16.2. The molecule has 0 radical (unpaired) electrons. The Kier molecular flexibility index (Phi) is 6.18. The highest BCUT2D eigenvalue weighted by molar-refractivity contribution is 7.18. The molecule has 6 nitrogen and oxygen atoms in total. The second-order valence-electron chi connectivity index (χ2n) is 6.13. The van der Waals surface area contributed by atoms with Gasteiger partial charge in [0.15, 0.2) is 0 Å². The molecular formula is C18H22N4O2S2. The largest absolute Gasteiger partial charge is 0.351 e. The van der Waals surface area contributed by atoms with Gasteiger partial charge in [-0.05, 0) is 17.9 Å². The van der Waals surface area contributed by atoms with Gasteiger partial charge in [-0.3, -0.25) is 14.2 Å². The minimum atomic E-state index is -0.215. The molecule has 8 heteroatoms. The van der Waals surface area contributed by atoms with Gasteiger partial charge in [0.2, 0.25) is 5.91 Å². The molecule has 3 rings (SSSR count). The number of nitrogens with one attached hydrogen (secondary N) is 1. The van der Waals surface area contributed by atoms with E-state index >= 15 is 0 Å². The Labute approximate surface area is 159 Å². The molecule has 3 aromatic heterocycles. The van der Waals surface area contributed by atoms with E-state index in [2.05, 4.69) is 17.2 Å². The number of unbranched alkanes of at least 4 members (excludes halogenated alkanes) is 1. The summed E-state index contributed by atoms with van der Waals surface area (Å²) in [7, 11) is 0. The van der Waals surface area contributed by atoms with E-state index in [9.17, 15) is 9.59 Å². The summed E-state index contributed by atoms with van der Waals surface area (Å²) in [5, 5.41) is 7.42. The highest BCUT2D eigenvalue weighted by Crippen LogP contribution is 2.33. The molecular weight excluding hydrogens is 368 g/mol. The van der Waals surface area contributed by atoms with Crippen molar-refractivity contribution in [2.45, 2.75) is 38.8 Å². The van der Waals surface area contributed by atoms with Crippen molar-refractivity contribution >= 4 is 38.8 Å². The third-order valence-corrected chi connectivity index (χ3v) is 6.01. The molecule has 0 fully saturated rings. The number of amides is 1. The van der Waals surface area contributed by atoms with E-state index < -0.39 is 0 Å². The lowest BCUT2D eigenvalue weighted by molar-refractivity contribution is -0.122. The first kappa shape index (κ1) is 18.8. The smallest absolute Gasteiger partial charge is 0.263 e. The van der Waals surface area contributed by atoms with Crippen molar-refractivity contribution in [1.29, 1.82) is 0 Å². The number of nitrogens with two attached hydrogens (primary N) is 1. The van der Waals surface area contributed by atoms with Crippen LogP contribution in [0.25, 0.3) is 20.7 Å². The Hall–Kier alpha value is -2.03. The van der Waals surface area contributed by atoms with Gasteiger partial charge in [-0.15, -0.1) is 22.7 Å². The quantitative estimate of drug-likeness (QED) is 0.619. The van der Waals surface area contributed by atoms with Gasteiger partial charge >= 0.3 is 0 Å². The maximum Gasteiger partial charge on any atom is 0.263 e. The Morgan fingerprint density at radius 2 is 2.27 bits per heavy atom. The van der Waals surface area contributed by atoms with Crippen LogP contribution in [0.1, 0.15) is 26.2 Å². The minimum Gasteiger partial charge on any atom is -0.351 e. The van der Waals surface area contributed by atoms with Crippen LogP contribution in [0.15, 0.2) is 34.0 Å². The van der Waals surface area contributed by atoms with Crippen LogP contribution in [0, 0.1) is 0 Å². The topological polar surface area (TPSA) is 90.0 Å². The molecule has 0 spiro atoms. The summed E-state index contributed by atoms with van der Waals surface area (Å²) >= 11 is 3.02. The number of hydrogen-bond donors (Lipinski definition) is 2. The molecule has 0 aliphatic carbocycles. The van der Waals surface area contributed by atoms with Crippen LogP contribution in [0.3, 0.4) is 0 Å². The van der Waals surface area contributed by atoms with Crippen LogP contribution >= 0.6 is 22.7 Å². The summed E-state index contributed by atoms with van der Waals surface area (Å²) in [6.45, 7) is 2.44. The molecule has 1 atom stereocenters. The second-order valence-corrected chi connectivity index (χ2v) is 7.93. The zero-order valence-electron chi connectivity index (χ0n) is 14.6. The Morgan fingerprint density at radius 3 is 2.96 bits per heavy atom. The van der Waals surface area contributed by atoms with E-state index in [0.29, 0.717) is 16.8 Å². The number of aromatic nitrogens is 2. The molecule has 3 heterocycles. The molecule has 138 valence electrons. The predicted octanol–water partition coefficient (Wildman–Crippen LogP) is 2.82. The van der Waals surface area contributed by atoms with Gasteiger partial charge in [0.25, 0.3) is 5.56 Å². The maximum atomic E-state index is 12.9. The first-order valence-electron chi connectivity index (χ1n) is 8.64. The molecule has 0 aliphatic heterocycles. The minimum absolute atomic E-state index is 0.0515. The fourth-order valence-corrected chi connectivity index (χ4v) is 4.54. The van der Waals surface area contributed by atoms with Crippen LogP contribution in [-0.2, 0) is 11.3 Å². The lowest BCUT2D eigenvalue weighted by atomic mass is 10.1. The van der Waals surface area contributed by atoms with Gasteiger partial charge in [-0.1, -0.05) is 25.8 Å². The Balaban J connectivity index is 1.82. The van der Waals surface area contributed by atoms with Gasteiger partial charge in [-0.25, -0.2) is 4.98 Å². The van der Waals surface area contributed by atoms with Gasteiger partial charge in [0.1, 0.15) is 11.4 Å². The molecule has 0 bridgehead atoms. The Bertz CT molecular complexity index is 930. The van der Waals surface area contributed by atoms with Gasteiger partial charge < -0.3 is 11.1 Å². The number of carbonyl (C=O) groups is 1. The number of thiophene rings is 2. The average molecular weight is 391 g/mol. The summed E-state index contributed by atoms with van der Waals surface area (Å²) in [4.78, 5) is 31.3. The lowest BCUT2D eigenvalue weighted by Gasteiger charge is -2.16. The summed E-state index contributed by atoms with van der Waals surface area (Å²) in [6, 6.07) is 3.88. The van der Waals surface area contributed by atoms with E-state index in [-0.39, 0.29) is 24.1 Å². The van der Waals surface area contributed by atoms with Crippen molar-refractivity contribution in [2.75, 3.05) is 6.54 Å². The number of hydrogen-bond acceptors (Lipinski definition) is 6. The molecule has 3 aromatic rings. The number of carbonyl (C=O) groups excluding carboxylic acids is 1. The number of fused-ring (bicyclic) bond motifs is 1. The van der Waals surface area contributed by atoms with E-state index in [1.165, 1.54) is 22.2 Å². The van der Waals surface area contributed by atoms with Crippen LogP contribution in [-0.4, -0.2) is 28.0 Å². The molecule has 0 saturated carbocycles. The van der Waals surface area contributed by atoms with Crippen LogP contribution in [0.2, 0.25) is 0 Å². The van der Waals surface area contributed by atoms with Crippen molar-refractivity contribution < 1.29 is 4.79 Å². The van der Waals surface area contributed by atoms with Crippen molar-refractivity contribution in [3.8, 4) is 10.4 Å². The van der Waals surface area contributed by atoms with Crippen molar-refractivity contribution in [3.63, 3.8) is 0 Å². The second kappa shape index (κ2) is 8.57. The average Bonchev–Trinajstić information content (AvgIpc) is 3.30. The van der Waals surface area contributed by atoms with Gasteiger partial charge in [0, 0.05) is 28.4 Å². The van der Waals surface area contributed by atoms with E-state index in [1.807, 2.05) is 22.9 Å². The normalized spacial score (nSPS) is 12.4. The fraction of sp³-hybridized carbons (Fsp3) is 0.389. The molecule has 3 N–H and O–H groups in total. The lowest BCUT2D eigenvalue weighted by Crippen LogP contribution is -2.42. The highest BCUT2D eigenvalue weighted by atomic mass is 32.1. The fourth-order valence-electron chi connectivity index (χ4n) is 2.82. The summed E-state index contributed by atoms with van der Waals surface area (Å²) in [5.41, 5.74) is 6.42. The summed E-state index contributed by atoms with van der Waals surface area (Å²) < 4.78 is 1.37. The standard InChI is InChI=1S/C18H22N4O2S2/c1-2-3-5-12(8-19)21-15(23)9-22-11-20-17-16(18(22)24)13(10-26-17)14-6-4-7-25-14/h4,6-7,10-12H,2-3,5,8-9,19H2,1H3,(H,21,23). The zero-order chi connectivity index (χ0) is 18.5. The van der Waals surface area contributed by atoms with Crippen LogP contribution < -0.4 is 16.6 Å². The Morgan fingerprint density at radius 1 is 1.42 bits per heavy atom. The highest BCUT2D eigenvalue weighted by Gasteiger charge is 2.16.